The van der Waals surface area contributed by atoms with Crippen molar-refractivity contribution in [3.05, 3.63) is 70.6 Å². The van der Waals surface area contributed by atoms with E-state index in [0.717, 1.165) is 36.7 Å². The monoisotopic (exact) mass is 358 g/mol. The van der Waals surface area contributed by atoms with Crippen LogP contribution in [0.1, 0.15) is 38.7 Å². The topological polar surface area (TPSA) is 6.48 Å². The van der Waals surface area contributed by atoms with Gasteiger partial charge in [-0.25, -0.2) is 8.78 Å². The first-order valence-electron chi connectivity index (χ1n) is 9.52. The zero-order valence-electron chi connectivity index (χ0n) is 15.8. The highest BCUT2D eigenvalue weighted by Gasteiger charge is 2.22. The smallest absolute Gasteiger partial charge is 0.129 e. The van der Waals surface area contributed by atoms with Gasteiger partial charge < -0.3 is 9.80 Å². The van der Waals surface area contributed by atoms with Crippen LogP contribution in [-0.4, -0.2) is 36.0 Å². The van der Waals surface area contributed by atoms with Crippen LogP contribution in [-0.2, 0) is 6.42 Å². The Morgan fingerprint density at radius 1 is 1.12 bits per heavy atom. The van der Waals surface area contributed by atoms with E-state index in [9.17, 15) is 8.78 Å². The molecule has 0 spiro atoms. The van der Waals surface area contributed by atoms with Crippen molar-refractivity contribution >= 4 is 0 Å². The average molecular weight is 358 g/mol. The molecule has 2 nitrogen and oxygen atoms in total. The summed E-state index contributed by atoms with van der Waals surface area (Å²) >= 11 is 0. The van der Waals surface area contributed by atoms with Gasteiger partial charge in [0.2, 0.25) is 0 Å². The summed E-state index contributed by atoms with van der Waals surface area (Å²) < 4.78 is 27.3. The molecule has 0 aliphatic carbocycles. The fraction of sp³-hybridized carbons (Fsp3) is 0.455. The molecule has 1 aromatic rings. The summed E-state index contributed by atoms with van der Waals surface area (Å²) in [5, 5.41) is 0. The number of hydrogen-bond acceptors (Lipinski definition) is 2. The lowest BCUT2D eigenvalue weighted by Crippen LogP contribution is -2.32. The predicted octanol–water partition coefficient (Wildman–Crippen LogP) is 5.04. The van der Waals surface area contributed by atoms with E-state index in [-0.39, 0.29) is 0 Å². The van der Waals surface area contributed by atoms with Crippen molar-refractivity contribution in [1.29, 1.82) is 0 Å². The van der Waals surface area contributed by atoms with Gasteiger partial charge in [-0.15, -0.1) is 0 Å². The molecule has 0 amide bonds. The van der Waals surface area contributed by atoms with Crippen LogP contribution in [0, 0.1) is 11.6 Å². The van der Waals surface area contributed by atoms with Crippen LogP contribution in [0.15, 0.2) is 53.4 Å². The molecule has 1 aromatic carbocycles. The Hall–Kier alpha value is -1.94. The summed E-state index contributed by atoms with van der Waals surface area (Å²) in [5.41, 5.74) is 4.94. The van der Waals surface area contributed by atoms with Crippen molar-refractivity contribution < 1.29 is 8.78 Å². The normalized spacial score (nSPS) is 18.7. The van der Waals surface area contributed by atoms with Crippen molar-refractivity contribution in [3.63, 3.8) is 0 Å². The molecule has 1 saturated heterocycles. The van der Waals surface area contributed by atoms with E-state index in [1.807, 2.05) is 0 Å². The van der Waals surface area contributed by atoms with Crippen LogP contribution in [0.2, 0.25) is 0 Å². The molecule has 0 unspecified atom stereocenters. The first-order chi connectivity index (χ1) is 12.5. The lowest BCUT2D eigenvalue weighted by Gasteiger charge is -2.33. The number of nitrogens with zero attached hydrogens (tertiary/aromatic N) is 2. The third-order valence-corrected chi connectivity index (χ3v) is 5.52. The van der Waals surface area contributed by atoms with Crippen LogP contribution < -0.4 is 0 Å². The minimum atomic E-state index is -0.542. The summed E-state index contributed by atoms with van der Waals surface area (Å²) in [6.45, 7) is 12.8. The number of benzene rings is 1. The molecule has 0 saturated carbocycles. The third kappa shape index (κ3) is 4.07. The second-order valence-corrected chi connectivity index (χ2v) is 7.21. The molecule has 0 radical (unpaired) electrons. The Morgan fingerprint density at radius 3 is 2.50 bits per heavy atom. The summed E-state index contributed by atoms with van der Waals surface area (Å²) in [4.78, 5) is 4.80. The number of rotatable bonds is 6. The first kappa shape index (κ1) is 18.8. The molecular weight excluding hydrogens is 330 g/mol. The van der Waals surface area contributed by atoms with Crippen LogP contribution in [0.3, 0.4) is 0 Å². The van der Waals surface area contributed by atoms with Crippen LogP contribution in [0.4, 0.5) is 8.78 Å². The molecular formula is C22H28F2N2. The van der Waals surface area contributed by atoms with Gasteiger partial charge in [0.15, 0.2) is 0 Å². The van der Waals surface area contributed by atoms with Gasteiger partial charge in [-0.05, 0) is 67.6 Å². The maximum absolute atomic E-state index is 14.1. The molecule has 3 rings (SSSR count). The molecule has 2 aliphatic heterocycles. The second-order valence-electron chi connectivity index (χ2n) is 7.21. The Kier molecular flexibility index (Phi) is 5.92. The van der Waals surface area contributed by atoms with Crippen molar-refractivity contribution in [2.24, 2.45) is 0 Å². The zero-order chi connectivity index (χ0) is 18.7. The highest BCUT2D eigenvalue weighted by atomic mass is 19.1. The summed E-state index contributed by atoms with van der Waals surface area (Å²) in [6, 6.07) is 3.80. The summed E-state index contributed by atoms with van der Waals surface area (Å²) in [6.07, 6.45) is 6.07. The molecule has 1 fully saturated rings. The molecule has 0 N–H and O–H groups in total. The van der Waals surface area contributed by atoms with E-state index in [1.165, 1.54) is 49.3 Å². The van der Waals surface area contributed by atoms with Gasteiger partial charge in [0.25, 0.3) is 0 Å². The SMILES string of the molecule is C=C1C(Cc2ccc(F)cc2F)=CN(CCN2CCCC2)C(CC)=C1C. The summed E-state index contributed by atoms with van der Waals surface area (Å²) in [7, 11) is 0. The maximum Gasteiger partial charge on any atom is 0.129 e. The van der Waals surface area contributed by atoms with Crippen molar-refractivity contribution in [2.75, 3.05) is 26.2 Å². The molecule has 4 heteroatoms. The van der Waals surface area contributed by atoms with Crippen molar-refractivity contribution in [2.45, 2.75) is 39.5 Å². The number of halogens is 2. The van der Waals surface area contributed by atoms with Gasteiger partial charge >= 0.3 is 0 Å². The van der Waals surface area contributed by atoms with Gasteiger partial charge in [0, 0.05) is 37.5 Å². The predicted molar refractivity (Wildman–Crippen MR) is 103 cm³/mol. The quantitative estimate of drug-likeness (QED) is 0.703. The fourth-order valence-corrected chi connectivity index (χ4v) is 3.92. The number of allylic oxidation sites excluding steroid dienone is 4. The highest BCUT2D eigenvalue weighted by Crippen LogP contribution is 2.33. The maximum atomic E-state index is 14.1. The number of likely N-dealkylation sites (tertiary alicyclic amines) is 1. The van der Waals surface area contributed by atoms with E-state index in [4.69, 9.17) is 0 Å². The Bertz CT molecular complexity index is 743. The Morgan fingerprint density at radius 2 is 1.85 bits per heavy atom. The third-order valence-electron chi connectivity index (χ3n) is 5.52. The van der Waals surface area contributed by atoms with Gasteiger partial charge in [-0.2, -0.15) is 0 Å². The van der Waals surface area contributed by atoms with Crippen LogP contribution >= 0.6 is 0 Å². The largest absolute Gasteiger partial charge is 0.350 e. The fourth-order valence-electron chi connectivity index (χ4n) is 3.92. The first-order valence-corrected chi connectivity index (χ1v) is 9.52. The lowest BCUT2D eigenvalue weighted by atomic mass is 9.90. The van der Waals surface area contributed by atoms with Gasteiger partial charge in [-0.3, -0.25) is 0 Å². The average Bonchev–Trinajstić information content (AvgIpc) is 3.13. The Balaban J connectivity index is 1.80. The minimum Gasteiger partial charge on any atom is -0.350 e. The standard InChI is InChI=1S/C22H28F2N2/c1-4-22-17(3)16(2)19(13-18-7-8-20(23)14-21(18)24)15-26(22)12-11-25-9-5-6-10-25/h7-8,14-15H,2,4-6,9-13H2,1,3H3. The molecule has 140 valence electrons. The highest BCUT2D eigenvalue weighted by molar-refractivity contribution is 5.51. The Labute approximate surface area is 155 Å². The lowest BCUT2D eigenvalue weighted by molar-refractivity contribution is 0.294. The zero-order valence-corrected chi connectivity index (χ0v) is 15.8. The second kappa shape index (κ2) is 8.17. The molecule has 26 heavy (non-hydrogen) atoms. The number of hydrogen-bond donors (Lipinski definition) is 0. The van der Waals surface area contributed by atoms with Crippen molar-refractivity contribution in [3.8, 4) is 0 Å². The molecule has 0 bridgehead atoms. The summed E-state index contributed by atoms with van der Waals surface area (Å²) in [5.74, 6) is -1.04. The molecule has 0 aromatic heterocycles. The minimum absolute atomic E-state index is 0.430. The molecule has 2 aliphatic rings. The van der Waals surface area contributed by atoms with E-state index < -0.39 is 11.6 Å². The van der Waals surface area contributed by atoms with Gasteiger partial charge in [0.1, 0.15) is 11.6 Å². The van der Waals surface area contributed by atoms with E-state index in [1.54, 1.807) is 0 Å². The van der Waals surface area contributed by atoms with Crippen LogP contribution in [0.5, 0.6) is 0 Å². The molecule has 2 heterocycles. The van der Waals surface area contributed by atoms with Gasteiger partial charge in [-0.1, -0.05) is 19.6 Å². The van der Waals surface area contributed by atoms with Crippen LogP contribution in [0.25, 0.3) is 0 Å². The van der Waals surface area contributed by atoms with E-state index in [2.05, 4.69) is 36.4 Å². The van der Waals surface area contributed by atoms with E-state index >= 15 is 0 Å². The van der Waals surface area contributed by atoms with E-state index in [0.29, 0.717) is 12.0 Å². The van der Waals surface area contributed by atoms with Crippen molar-refractivity contribution in [1.82, 2.24) is 9.80 Å². The van der Waals surface area contributed by atoms with Gasteiger partial charge in [0.05, 0.1) is 0 Å². The molecule has 0 atom stereocenters.